The summed E-state index contributed by atoms with van der Waals surface area (Å²) in [6.45, 7) is 0. The molecule has 0 heterocycles. The third-order valence-electron chi connectivity index (χ3n) is 0.418. The molecule has 0 fully saturated rings. The molecule has 1 N–H and O–H groups in total. The van der Waals surface area contributed by atoms with E-state index in [9.17, 15) is 18.0 Å². The molecule has 0 saturated heterocycles. The normalized spacial score (nSPS) is 11.0. The van der Waals surface area contributed by atoms with Crippen molar-refractivity contribution in [2.24, 2.45) is 0 Å². The lowest BCUT2D eigenvalue weighted by molar-refractivity contribution is -0.172. The monoisotopic (exact) mass is 126 g/mol. The van der Waals surface area contributed by atoms with Crippen molar-refractivity contribution in [2.45, 2.75) is 6.18 Å². The summed E-state index contributed by atoms with van der Waals surface area (Å²) in [6, 6.07) is 0. The second-order valence-corrected chi connectivity index (χ2v) is 1.00. The van der Waals surface area contributed by atoms with Gasteiger partial charge >= 0.3 is 12.1 Å². The number of carbonyl (C=O) groups excluding carboxylic acids is 1. The molecule has 0 bridgehead atoms. The molecule has 0 aliphatic heterocycles. The molecule has 0 rings (SSSR count). The molecule has 0 unspecified atom stereocenters. The summed E-state index contributed by atoms with van der Waals surface area (Å²) in [5.74, 6) is -2.03. The van der Waals surface area contributed by atoms with Crippen LogP contribution in [0.1, 0.15) is 0 Å². The molecule has 0 aromatic carbocycles. The maximum atomic E-state index is 11.0. The highest BCUT2D eigenvalue weighted by Gasteiger charge is 2.37. The van der Waals surface area contributed by atoms with Gasteiger partial charge in [0.15, 0.2) is 0 Å². The van der Waals surface area contributed by atoms with Gasteiger partial charge in [-0.2, -0.15) is 13.2 Å². The Labute approximate surface area is 43.7 Å². The first-order chi connectivity index (χ1) is 3.48. The Kier molecular flexibility index (Phi) is 1.83. The number of hydrogen-bond donors (Lipinski definition) is 1. The van der Waals surface area contributed by atoms with Crippen LogP contribution in [-0.2, 0) is 4.79 Å². The van der Waals surface area contributed by atoms with Crippen LogP contribution in [0.3, 0.4) is 0 Å². The average molecular weight is 126 g/mol. The minimum atomic E-state index is -4.80. The third kappa shape index (κ3) is 1.81. The molecule has 0 aliphatic rings. The Balaban J connectivity index is 3.82. The summed E-state index contributed by atoms with van der Waals surface area (Å²) >= 11 is 0. The van der Waals surface area contributed by atoms with Crippen molar-refractivity contribution in [1.29, 1.82) is 0 Å². The van der Waals surface area contributed by atoms with Gasteiger partial charge in [-0.25, -0.2) is 0 Å². The lowest BCUT2D eigenvalue weighted by Gasteiger charge is -2.00. The number of carbonyl (C=O) groups is 1. The van der Waals surface area contributed by atoms with E-state index in [1.807, 2.05) is 0 Å². The van der Waals surface area contributed by atoms with Crippen LogP contribution in [0.2, 0.25) is 0 Å². The molecule has 47 valence electrons. The van der Waals surface area contributed by atoms with Gasteiger partial charge in [-0.1, -0.05) is 0 Å². The van der Waals surface area contributed by atoms with Crippen LogP contribution in [0.5, 0.6) is 0 Å². The van der Waals surface area contributed by atoms with Crippen LogP contribution >= 0.6 is 0 Å². The van der Waals surface area contributed by atoms with Gasteiger partial charge in [0.1, 0.15) is 0 Å². The maximum absolute atomic E-state index is 11.0. The number of halogens is 3. The van der Waals surface area contributed by atoms with Crippen molar-refractivity contribution < 1.29 is 18.0 Å². The second-order valence-electron chi connectivity index (χ2n) is 1.00. The lowest BCUT2D eigenvalue weighted by atomic mass is 10.6. The van der Waals surface area contributed by atoms with Crippen molar-refractivity contribution in [3.8, 4) is 0 Å². The first-order valence-corrected chi connectivity index (χ1v) is 1.62. The van der Waals surface area contributed by atoms with Crippen LogP contribution in [0.25, 0.3) is 0 Å². The van der Waals surface area contributed by atoms with E-state index in [0.717, 1.165) is 0 Å². The maximum Gasteiger partial charge on any atom is 0.471 e. The van der Waals surface area contributed by atoms with E-state index >= 15 is 0 Å². The molecule has 8 heavy (non-hydrogen) atoms. The summed E-state index contributed by atoms with van der Waals surface area (Å²) < 4.78 is 33.0. The van der Waals surface area contributed by atoms with Crippen LogP contribution in [0.4, 0.5) is 13.2 Å². The Hall–Kier alpha value is -0.740. The average Bonchev–Trinajstić information content (AvgIpc) is 1.62. The van der Waals surface area contributed by atoms with E-state index in [-0.39, 0.29) is 0 Å². The predicted octanol–water partition coefficient (Wildman–Crippen LogP) is 0.456. The van der Waals surface area contributed by atoms with Crippen LogP contribution < -0.4 is 5.32 Å². The Morgan fingerprint density at radius 3 is 1.88 bits per heavy atom. The van der Waals surface area contributed by atoms with Gasteiger partial charge in [0.25, 0.3) is 0 Å². The number of rotatable bonds is 0. The number of hydrogen-bond acceptors (Lipinski definition) is 1. The van der Waals surface area contributed by atoms with E-state index in [4.69, 9.17) is 0 Å². The number of nitrogens with one attached hydrogen (secondary N) is 1. The van der Waals surface area contributed by atoms with Crippen molar-refractivity contribution in [3.63, 3.8) is 0 Å². The van der Waals surface area contributed by atoms with E-state index in [2.05, 4.69) is 7.05 Å². The Morgan fingerprint density at radius 2 is 1.88 bits per heavy atom. The minimum absolute atomic E-state index is 1.19. The zero-order valence-electron chi connectivity index (χ0n) is 3.75. The van der Waals surface area contributed by atoms with Crippen molar-refractivity contribution in [1.82, 2.24) is 5.32 Å². The second kappa shape index (κ2) is 2.02. The fraction of sp³-hybridized carbons (Fsp3) is 0.333. The van der Waals surface area contributed by atoms with Crippen LogP contribution in [0, 0.1) is 7.05 Å². The van der Waals surface area contributed by atoms with Gasteiger partial charge in [0.05, 0.1) is 0 Å². The lowest BCUT2D eigenvalue weighted by Crippen LogP contribution is -2.32. The van der Waals surface area contributed by atoms with E-state index in [1.54, 1.807) is 0 Å². The third-order valence-corrected chi connectivity index (χ3v) is 0.418. The van der Waals surface area contributed by atoms with Gasteiger partial charge in [0.2, 0.25) is 0 Å². The van der Waals surface area contributed by atoms with Crippen molar-refractivity contribution in [2.75, 3.05) is 0 Å². The van der Waals surface area contributed by atoms with Gasteiger partial charge in [-0.3, -0.25) is 4.79 Å². The van der Waals surface area contributed by atoms with E-state index < -0.39 is 12.1 Å². The molecule has 1 radical (unpaired) electrons. The molecule has 0 atom stereocenters. The van der Waals surface area contributed by atoms with Gasteiger partial charge < -0.3 is 5.32 Å². The molecule has 0 aromatic heterocycles. The Morgan fingerprint density at radius 1 is 1.50 bits per heavy atom. The first kappa shape index (κ1) is 7.26. The van der Waals surface area contributed by atoms with Crippen molar-refractivity contribution in [3.05, 3.63) is 7.05 Å². The first-order valence-electron chi connectivity index (χ1n) is 1.62. The highest BCUT2D eigenvalue weighted by molar-refractivity contribution is 5.81. The van der Waals surface area contributed by atoms with E-state index in [0.29, 0.717) is 0 Å². The zero-order valence-corrected chi connectivity index (χ0v) is 3.75. The smallest absolute Gasteiger partial charge is 0.347 e. The molecule has 0 aromatic rings. The van der Waals surface area contributed by atoms with Gasteiger partial charge in [-0.15, -0.1) is 0 Å². The molecule has 5 heteroatoms. The molecular weight excluding hydrogens is 123 g/mol. The summed E-state index contributed by atoms with van der Waals surface area (Å²) in [7, 11) is 2.53. The number of alkyl halides is 3. The molecule has 0 spiro atoms. The molecule has 0 aliphatic carbocycles. The summed E-state index contributed by atoms with van der Waals surface area (Å²) in [6.07, 6.45) is -4.80. The standard InChI is InChI=1S/C3H3F3NO/c1-7-2(8)3(4,5)6/h1H2,(H,7,8). The fourth-order valence-electron chi connectivity index (χ4n) is 0.100. The fourth-order valence-corrected chi connectivity index (χ4v) is 0.100. The van der Waals surface area contributed by atoms with Crippen LogP contribution in [0.15, 0.2) is 0 Å². The highest BCUT2D eigenvalue weighted by atomic mass is 19.4. The van der Waals surface area contributed by atoms with Gasteiger partial charge in [-0.05, 0) is 0 Å². The van der Waals surface area contributed by atoms with Gasteiger partial charge in [0, 0.05) is 7.05 Å². The summed E-state index contributed by atoms with van der Waals surface area (Å²) in [4.78, 5) is 9.53. The molecule has 1 amide bonds. The molecule has 0 saturated carbocycles. The molecular formula is C3H3F3NO. The Bertz CT molecular complexity index is 97.2. The van der Waals surface area contributed by atoms with E-state index in [1.165, 1.54) is 5.32 Å². The largest absolute Gasteiger partial charge is 0.471 e. The number of amides is 1. The quantitative estimate of drug-likeness (QED) is 0.501. The predicted molar refractivity (Wildman–Crippen MR) is 19.6 cm³/mol. The SMILES string of the molecule is [CH2]NC(=O)C(F)(F)F. The molecule has 2 nitrogen and oxygen atoms in total. The minimum Gasteiger partial charge on any atom is -0.347 e. The van der Waals surface area contributed by atoms with Crippen LogP contribution in [-0.4, -0.2) is 12.1 Å². The highest BCUT2D eigenvalue weighted by Crippen LogP contribution is 2.13. The topological polar surface area (TPSA) is 29.1 Å². The summed E-state index contributed by atoms with van der Waals surface area (Å²) in [5.41, 5.74) is 0. The van der Waals surface area contributed by atoms with Crippen molar-refractivity contribution >= 4 is 5.91 Å². The zero-order chi connectivity index (χ0) is 6.78. The summed E-state index contributed by atoms with van der Waals surface area (Å²) in [5, 5.41) is 1.19.